The Morgan fingerprint density at radius 2 is 1.85 bits per heavy atom. The molecule has 2 heterocycles. The lowest BCUT2D eigenvalue weighted by atomic mass is 9.49. The van der Waals surface area contributed by atoms with Crippen LogP contribution < -0.4 is 10.1 Å². The SMILES string of the molecule is CCC(=O)Nc1ccc(OCCCc2nc3c(Cl)c(C45CC6CC(CC(C6)C4)C5)[nH]n3n2)cc1. The van der Waals surface area contributed by atoms with E-state index in [1.54, 1.807) is 4.63 Å². The number of ether oxygens (including phenoxy) is 1. The predicted octanol–water partition coefficient (Wildman–Crippen LogP) is 5.54. The minimum absolute atomic E-state index is 0.00243. The first-order valence-electron chi connectivity index (χ1n) is 12.7. The van der Waals surface area contributed by atoms with Crippen LogP contribution in [-0.2, 0) is 16.6 Å². The van der Waals surface area contributed by atoms with Gasteiger partial charge in [0.15, 0.2) is 11.5 Å². The molecule has 4 fully saturated rings. The lowest BCUT2D eigenvalue weighted by Crippen LogP contribution is -2.48. The van der Waals surface area contributed by atoms with Crippen LogP contribution in [0.3, 0.4) is 0 Å². The van der Waals surface area contributed by atoms with E-state index in [0.29, 0.717) is 13.0 Å². The van der Waals surface area contributed by atoms with Crippen molar-refractivity contribution in [2.75, 3.05) is 11.9 Å². The Bertz CT molecular complexity index is 1160. The summed E-state index contributed by atoms with van der Waals surface area (Å²) in [5.74, 6) is 4.17. The highest BCUT2D eigenvalue weighted by Crippen LogP contribution is 2.61. The molecule has 4 aliphatic carbocycles. The summed E-state index contributed by atoms with van der Waals surface area (Å²) >= 11 is 6.90. The number of hydrogen-bond acceptors (Lipinski definition) is 4. The van der Waals surface area contributed by atoms with E-state index in [2.05, 4.69) is 15.5 Å². The minimum Gasteiger partial charge on any atom is -0.494 e. The van der Waals surface area contributed by atoms with Gasteiger partial charge in [-0.25, -0.2) is 4.98 Å². The zero-order chi connectivity index (χ0) is 23.3. The summed E-state index contributed by atoms with van der Waals surface area (Å²) < 4.78 is 7.63. The van der Waals surface area contributed by atoms with Crippen molar-refractivity contribution in [1.29, 1.82) is 0 Å². The van der Waals surface area contributed by atoms with Gasteiger partial charge in [0.25, 0.3) is 0 Å². The Hall–Kier alpha value is -2.54. The van der Waals surface area contributed by atoms with Gasteiger partial charge in [0.2, 0.25) is 5.91 Å². The molecule has 34 heavy (non-hydrogen) atoms. The summed E-state index contributed by atoms with van der Waals surface area (Å²) in [6.07, 6.45) is 10.0. The highest BCUT2D eigenvalue weighted by atomic mass is 35.5. The molecule has 0 unspecified atom stereocenters. The number of rotatable bonds is 8. The maximum absolute atomic E-state index is 11.5. The topological polar surface area (TPSA) is 84.3 Å². The molecule has 4 aliphatic rings. The van der Waals surface area contributed by atoms with Crippen LogP contribution >= 0.6 is 11.6 Å². The van der Waals surface area contributed by atoms with Gasteiger partial charge in [0, 0.05) is 23.9 Å². The average Bonchev–Trinajstić information content (AvgIpc) is 3.36. The zero-order valence-corrected chi connectivity index (χ0v) is 20.4. The molecule has 4 saturated carbocycles. The summed E-state index contributed by atoms with van der Waals surface area (Å²) in [5, 5.41) is 11.8. The van der Waals surface area contributed by atoms with Gasteiger partial charge in [-0.15, -0.1) is 5.10 Å². The first-order chi connectivity index (χ1) is 16.5. The summed E-state index contributed by atoms with van der Waals surface area (Å²) in [7, 11) is 0. The van der Waals surface area contributed by atoms with Gasteiger partial charge in [0.1, 0.15) is 10.8 Å². The number of aromatic amines is 1. The third-order valence-electron chi connectivity index (χ3n) is 8.13. The number of hydrogen-bond donors (Lipinski definition) is 2. The highest BCUT2D eigenvalue weighted by Gasteiger charge is 2.53. The molecule has 0 atom stereocenters. The van der Waals surface area contributed by atoms with Crippen LogP contribution in [0.5, 0.6) is 5.75 Å². The number of anilines is 1. The Kier molecular flexibility index (Phi) is 5.55. The van der Waals surface area contributed by atoms with Crippen LogP contribution in [0.1, 0.15) is 69.8 Å². The highest BCUT2D eigenvalue weighted by molar-refractivity contribution is 6.34. The van der Waals surface area contributed by atoms with Gasteiger partial charge in [-0.1, -0.05) is 18.5 Å². The van der Waals surface area contributed by atoms with Crippen LogP contribution in [0.25, 0.3) is 5.65 Å². The molecule has 3 aromatic rings. The average molecular weight is 482 g/mol. The smallest absolute Gasteiger partial charge is 0.224 e. The van der Waals surface area contributed by atoms with Gasteiger partial charge < -0.3 is 10.1 Å². The number of nitrogens with one attached hydrogen (secondary N) is 2. The minimum atomic E-state index is 0.00243. The van der Waals surface area contributed by atoms with Crippen LogP contribution in [-0.4, -0.2) is 32.3 Å². The van der Waals surface area contributed by atoms with E-state index >= 15 is 0 Å². The first kappa shape index (κ1) is 22.0. The number of carbonyl (C=O) groups excluding carboxylic acids is 1. The van der Waals surface area contributed by atoms with Crippen LogP contribution in [0.15, 0.2) is 24.3 Å². The second-order valence-electron chi connectivity index (χ2n) is 10.6. The number of H-pyrrole nitrogens is 1. The van der Waals surface area contributed by atoms with Crippen LogP contribution in [0, 0.1) is 17.8 Å². The third-order valence-corrected chi connectivity index (χ3v) is 8.48. The molecular formula is C26H32ClN5O2. The molecule has 4 bridgehead atoms. The number of halogens is 1. The van der Waals surface area contributed by atoms with Crippen molar-refractivity contribution < 1.29 is 9.53 Å². The van der Waals surface area contributed by atoms with Crippen molar-refractivity contribution in [3.05, 3.63) is 40.8 Å². The quantitative estimate of drug-likeness (QED) is 0.414. The van der Waals surface area contributed by atoms with Crippen molar-refractivity contribution >= 4 is 28.8 Å². The number of benzene rings is 1. The third kappa shape index (κ3) is 3.98. The number of aromatic nitrogens is 4. The number of nitrogens with zero attached hydrogens (tertiary/aromatic N) is 3. The molecular weight excluding hydrogens is 450 g/mol. The second kappa shape index (κ2) is 8.59. The van der Waals surface area contributed by atoms with E-state index in [4.69, 9.17) is 21.3 Å². The van der Waals surface area contributed by atoms with Crippen molar-refractivity contribution in [3.8, 4) is 5.75 Å². The van der Waals surface area contributed by atoms with Gasteiger partial charge >= 0.3 is 0 Å². The fraction of sp³-hybridized carbons (Fsp3) is 0.577. The van der Waals surface area contributed by atoms with E-state index in [0.717, 1.165) is 58.5 Å². The molecule has 0 aliphatic heterocycles. The molecule has 8 heteroatoms. The molecule has 180 valence electrons. The van der Waals surface area contributed by atoms with E-state index in [1.807, 2.05) is 31.2 Å². The molecule has 1 amide bonds. The number of fused-ring (bicyclic) bond motifs is 1. The Morgan fingerprint density at radius 1 is 1.18 bits per heavy atom. The van der Waals surface area contributed by atoms with Gasteiger partial charge in [-0.3, -0.25) is 9.89 Å². The fourth-order valence-corrected chi connectivity index (χ4v) is 7.38. The van der Waals surface area contributed by atoms with E-state index in [9.17, 15) is 4.79 Å². The molecule has 0 radical (unpaired) electrons. The maximum Gasteiger partial charge on any atom is 0.224 e. The fourth-order valence-electron chi connectivity index (χ4n) is 7.02. The molecule has 0 spiro atoms. The molecule has 2 aromatic heterocycles. The predicted molar refractivity (Wildman–Crippen MR) is 131 cm³/mol. The van der Waals surface area contributed by atoms with Crippen molar-refractivity contribution in [1.82, 2.24) is 19.8 Å². The number of amides is 1. The van der Waals surface area contributed by atoms with Gasteiger partial charge in [-0.05, 0) is 87.0 Å². The van der Waals surface area contributed by atoms with Gasteiger partial charge in [-0.2, -0.15) is 4.63 Å². The zero-order valence-electron chi connectivity index (χ0n) is 19.6. The monoisotopic (exact) mass is 481 g/mol. The second-order valence-corrected chi connectivity index (χ2v) is 11.0. The molecule has 7 rings (SSSR count). The standard InChI is InChI=1S/C26H32ClN5O2/c1-2-22(33)28-19-5-7-20(8-6-19)34-9-3-4-21-29-25-23(27)24(31-32(25)30-21)26-13-16-10-17(14-26)12-18(11-16)15-26/h5-8,16-18,31H,2-4,9-15H2,1H3,(H,28,33). The molecule has 7 nitrogen and oxygen atoms in total. The largest absolute Gasteiger partial charge is 0.494 e. The number of carbonyl (C=O) groups is 1. The summed E-state index contributed by atoms with van der Waals surface area (Å²) in [4.78, 5) is 16.2. The molecule has 0 saturated heterocycles. The maximum atomic E-state index is 11.5. The van der Waals surface area contributed by atoms with Crippen molar-refractivity contribution in [2.24, 2.45) is 17.8 Å². The van der Waals surface area contributed by atoms with Crippen LogP contribution in [0.4, 0.5) is 5.69 Å². The van der Waals surface area contributed by atoms with Crippen LogP contribution in [0.2, 0.25) is 5.02 Å². The summed E-state index contributed by atoms with van der Waals surface area (Å²) in [5.41, 5.74) is 2.92. The number of aryl methyl sites for hydroxylation is 1. The molecule has 2 N–H and O–H groups in total. The van der Waals surface area contributed by atoms with E-state index in [1.165, 1.54) is 44.2 Å². The van der Waals surface area contributed by atoms with Crippen molar-refractivity contribution in [2.45, 2.75) is 70.1 Å². The first-order valence-corrected chi connectivity index (χ1v) is 13.1. The Morgan fingerprint density at radius 3 is 2.47 bits per heavy atom. The summed E-state index contributed by atoms with van der Waals surface area (Å²) in [6.45, 7) is 2.40. The van der Waals surface area contributed by atoms with Gasteiger partial charge in [0.05, 0.1) is 12.3 Å². The normalized spacial score (nSPS) is 27.4. The Balaban J connectivity index is 1.06. The van der Waals surface area contributed by atoms with E-state index < -0.39 is 0 Å². The van der Waals surface area contributed by atoms with Crippen molar-refractivity contribution in [3.63, 3.8) is 0 Å². The lowest BCUT2D eigenvalue weighted by molar-refractivity contribution is -0.115. The van der Waals surface area contributed by atoms with E-state index in [-0.39, 0.29) is 11.3 Å². The lowest BCUT2D eigenvalue weighted by Gasteiger charge is -2.56. The molecule has 1 aromatic carbocycles. The summed E-state index contributed by atoms with van der Waals surface area (Å²) in [6, 6.07) is 7.45. The Labute approximate surface area is 204 Å².